The maximum Gasteiger partial charge on any atom is 0.151 e. The summed E-state index contributed by atoms with van der Waals surface area (Å²) in [5, 5.41) is 10.6. The summed E-state index contributed by atoms with van der Waals surface area (Å²) < 4.78 is 0. The summed E-state index contributed by atoms with van der Waals surface area (Å²) in [5.41, 5.74) is 1.42. The molecule has 0 aliphatic rings. The van der Waals surface area contributed by atoms with Gasteiger partial charge in [0, 0.05) is 0 Å². The summed E-state index contributed by atoms with van der Waals surface area (Å²) >= 11 is 11.1. The SMILES string of the molecule is Cc1cnnnc1C(Cl)Cl. The van der Waals surface area contributed by atoms with E-state index >= 15 is 0 Å². The van der Waals surface area contributed by atoms with Gasteiger partial charge < -0.3 is 0 Å². The van der Waals surface area contributed by atoms with Crippen molar-refractivity contribution in [1.29, 1.82) is 0 Å². The molecule has 1 aromatic rings. The zero-order valence-electron chi connectivity index (χ0n) is 5.25. The van der Waals surface area contributed by atoms with E-state index < -0.39 is 4.84 Å². The fourth-order valence-electron chi connectivity index (χ4n) is 0.547. The Hall–Kier alpha value is -0.410. The molecule has 0 amide bonds. The van der Waals surface area contributed by atoms with E-state index in [0.29, 0.717) is 5.69 Å². The molecule has 0 bridgehead atoms. The van der Waals surface area contributed by atoms with Crippen molar-refractivity contribution in [2.24, 2.45) is 0 Å². The predicted octanol–water partition coefficient (Wildman–Crippen LogP) is 1.66. The maximum absolute atomic E-state index is 5.54. The molecule has 0 radical (unpaired) electrons. The number of rotatable bonds is 1. The zero-order chi connectivity index (χ0) is 7.56. The van der Waals surface area contributed by atoms with E-state index in [1.807, 2.05) is 6.92 Å². The minimum Gasteiger partial charge on any atom is -0.138 e. The van der Waals surface area contributed by atoms with Crippen LogP contribution in [0.4, 0.5) is 0 Å². The lowest BCUT2D eigenvalue weighted by atomic mass is 10.3. The van der Waals surface area contributed by atoms with Gasteiger partial charge in [-0.05, 0) is 17.7 Å². The zero-order valence-corrected chi connectivity index (χ0v) is 6.76. The largest absolute Gasteiger partial charge is 0.151 e. The van der Waals surface area contributed by atoms with Crippen LogP contribution in [-0.4, -0.2) is 15.4 Å². The molecular formula is C5H5Cl2N3. The second-order valence-corrected chi connectivity index (χ2v) is 2.90. The Morgan fingerprint density at radius 3 is 2.60 bits per heavy atom. The van der Waals surface area contributed by atoms with Crippen LogP contribution in [-0.2, 0) is 0 Å². The molecule has 3 nitrogen and oxygen atoms in total. The number of aryl methyl sites for hydroxylation is 1. The van der Waals surface area contributed by atoms with Crippen molar-refractivity contribution in [3.05, 3.63) is 17.5 Å². The minimum absolute atomic E-state index is 0.568. The number of alkyl halides is 2. The van der Waals surface area contributed by atoms with E-state index in [4.69, 9.17) is 23.2 Å². The van der Waals surface area contributed by atoms with Crippen molar-refractivity contribution in [1.82, 2.24) is 15.4 Å². The Morgan fingerprint density at radius 2 is 2.20 bits per heavy atom. The van der Waals surface area contributed by atoms with Crippen LogP contribution in [0.5, 0.6) is 0 Å². The molecule has 1 rings (SSSR count). The van der Waals surface area contributed by atoms with Crippen molar-refractivity contribution in [3.63, 3.8) is 0 Å². The average Bonchev–Trinajstić information content (AvgIpc) is 1.88. The van der Waals surface area contributed by atoms with E-state index in [1.54, 1.807) is 6.20 Å². The van der Waals surface area contributed by atoms with Gasteiger partial charge in [-0.25, -0.2) is 0 Å². The first-order valence-electron chi connectivity index (χ1n) is 2.65. The first kappa shape index (κ1) is 7.69. The molecule has 54 valence electrons. The molecule has 0 aliphatic heterocycles. The molecule has 0 fully saturated rings. The molecule has 1 aromatic heterocycles. The molecular weight excluding hydrogens is 173 g/mol. The number of hydrogen-bond acceptors (Lipinski definition) is 3. The summed E-state index contributed by atoms with van der Waals surface area (Å²) in [6, 6.07) is 0. The highest BCUT2D eigenvalue weighted by Crippen LogP contribution is 2.23. The van der Waals surface area contributed by atoms with Gasteiger partial charge in [-0.1, -0.05) is 23.2 Å². The third kappa shape index (κ3) is 1.55. The second kappa shape index (κ2) is 3.12. The van der Waals surface area contributed by atoms with Crippen molar-refractivity contribution < 1.29 is 0 Å². The highest BCUT2D eigenvalue weighted by atomic mass is 35.5. The normalized spacial score (nSPS) is 10.4. The number of halogens is 2. The highest BCUT2D eigenvalue weighted by Gasteiger charge is 2.08. The van der Waals surface area contributed by atoms with Crippen molar-refractivity contribution in [2.75, 3.05) is 0 Å². The maximum atomic E-state index is 5.54. The number of nitrogens with zero attached hydrogens (tertiary/aromatic N) is 3. The molecule has 1 heterocycles. The van der Waals surface area contributed by atoms with Crippen LogP contribution in [0.1, 0.15) is 16.1 Å². The fraction of sp³-hybridized carbons (Fsp3) is 0.400. The van der Waals surface area contributed by atoms with Gasteiger partial charge in [0.05, 0.1) is 6.20 Å². The van der Waals surface area contributed by atoms with Crippen molar-refractivity contribution in [2.45, 2.75) is 11.8 Å². The van der Waals surface area contributed by atoms with Crippen LogP contribution in [0.2, 0.25) is 0 Å². The summed E-state index contributed by atoms with van der Waals surface area (Å²) in [4.78, 5) is -0.615. The number of hydrogen-bond donors (Lipinski definition) is 0. The highest BCUT2D eigenvalue weighted by molar-refractivity contribution is 6.43. The van der Waals surface area contributed by atoms with Crippen LogP contribution in [0.3, 0.4) is 0 Å². The van der Waals surface area contributed by atoms with Gasteiger partial charge in [-0.15, -0.1) is 10.2 Å². The molecule has 5 heteroatoms. The van der Waals surface area contributed by atoms with Crippen molar-refractivity contribution >= 4 is 23.2 Å². The standard InChI is InChI=1S/C5H5Cl2N3/c1-3-2-8-10-9-4(3)5(6)7/h2,5H,1H3. The molecule has 0 saturated heterocycles. The summed E-state index contributed by atoms with van der Waals surface area (Å²) in [5.74, 6) is 0. The minimum atomic E-state index is -0.615. The van der Waals surface area contributed by atoms with Gasteiger partial charge in [-0.3, -0.25) is 0 Å². The van der Waals surface area contributed by atoms with Crippen LogP contribution in [0.15, 0.2) is 6.20 Å². The van der Waals surface area contributed by atoms with E-state index in [2.05, 4.69) is 15.4 Å². The Morgan fingerprint density at radius 1 is 1.50 bits per heavy atom. The average molecular weight is 178 g/mol. The summed E-state index contributed by atoms with van der Waals surface area (Å²) in [6.45, 7) is 1.83. The first-order valence-corrected chi connectivity index (χ1v) is 3.52. The van der Waals surface area contributed by atoms with E-state index in [9.17, 15) is 0 Å². The molecule has 0 saturated carbocycles. The van der Waals surface area contributed by atoms with Crippen LogP contribution in [0.25, 0.3) is 0 Å². The third-order valence-corrected chi connectivity index (χ3v) is 1.48. The molecule has 10 heavy (non-hydrogen) atoms. The molecule has 0 aliphatic carbocycles. The summed E-state index contributed by atoms with van der Waals surface area (Å²) in [7, 11) is 0. The topological polar surface area (TPSA) is 38.7 Å². The predicted molar refractivity (Wildman–Crippen MR) is 39.0 cm³/mol. The molecule has 0 spiro atoms. The fourth-order valence-corrected chi connectivity index (χ4v) is 0.979. The molecule has 0 unspecified atom stereocenters. The van der Waals surface area contributed by atoms with E-state index in [-0.39, 0.29) is 0 Å². The van der Waals surface area contributed by atoms with Gasteiger partial charge in [0.1, 0.15) is 5.69 Å². The first-order chi connectivity index (χ1) is 4.72. The second-order valence-electron chi connectivity index (χ2n) is 1.80. The van der Waals surface area contributed by atoms with Crippen LogP contribution < -0.4 is 0 Å². The van der Waals surface area contributed by atoms with E-state index in [1.165, 1.54) is 0 Å². The lowest BCUT2D eigenvalue weighted by molar-refractivity contribution is 0.816. The lowest BCUT2D eigenvalue weighted by Crippen LogP contribution is -1.97. The van der Waals surface area contributed by atoms with Crippen LogP contribution >= 0.6 is 23.2 Å². The quantitative estimate of drug-likeness (QED) is 0.613. The van der Waals surface area contributed by atoms with Gasteiger partial charge in [0.25, 0.3) is 0 Å². The number of aromatic nitrogens is 3. The van der Waals surface area contributed by atoms with E-state index in [0.717, 1.165) is 5.56 Å². The van der Waals surface area contributed by atoms with Crippen LogP contribution in [0, 0.1) is 6.92 Å². The van der Waals surface area contributed by atoms with Gasteiger partial charge in [-0.2, -0.15) is 0 Å². The lowest BCUT2D eigenvalue weighted by Gasteiger charge is -1.99. The summed E-state index contributed by atoms with van der Waals surface area (Å²) in [6.07, 6.45) is 1.57. The van der Waals surface area contributed by atoms with Gasteiger partial charge in [0.15, 0.2) is 4.84 Å². The smallest absolute Gasteiger partial charge is 0.138 e. The Balaban J connectivity index is 3.03. The molecule has 0 atom stereocenters. The van der Waals surface area contributed by atoms with Gasteiger partial charge in [0.2, 0.25) is 0 Å². The van der Waals surface area contributed by atoms with Gasteiger partial charge >= 0.3 is 0 Å². The Labute approximate surface area is 68.4 Å². The Kier molecular flexibility index (Phi) is 2.40. The molecule has 0 aromatic carbocycles. The monoisotopic (exact) mass is 177 g/mol. The Bertz CT molecular complexity index is 226. The molecule has 0 N–H and O–H groups in total. The third-order valence-electron chi connectivity index (χ3n) is 1.07. The van der Waals surface area contributed by atoms with Crippen molar-refractivity contribution in [3.8, 4) is 0 Å².